The Morgan fingerprint density at radius 2 is 2.06 bits per heavy atom. The fourth-order valence-electron chi connectivity index (χ4n) is 2.92. The maximum absolute atomic E-state index is 12.1. The molecule has 1 aromatic heterocycles. The van der Waals surface area contributed by atoms with Gasteiger partial charge in [0.1, 0.15) is 0 Å². The first kappa shape index (κ1) is 10.6. The summed E-state index contributed by atoms with van der Waals surface area (Å²) in [5.74, 6) is 0.00318. The molecule has 2 unspecified atom stereocenters. The van der Waals surface area contributed by atoms with Crippen molar-refractivity contribution in [3.63, 3.8) is 0 Å². The second-order valence-electron chi connectivity index (χ2n) is 4.91. The van der Waals surface area contributed by atoms with Crippen LogP contribution in [-0.4, -0.2) is 56.6 Å². The van der Waals surface area contributed by atoms with Gasteiger partial charge in [-0.15, -0.1) is 10.2 Å². The van der Waals surface area contributed by atoms with Gasteiger partial charge < -0.3 is 10.2 Å². The fourth-order valence-corrected chi connectivity index (χ4v) is 2.92. The topological polar surface area (TPSA) is 86.8 Å². The summed E-state index contributed by atoms with van der Waals surface area (Å²) in [5, 5.41) is 16.7. The van der Waals surface area contributed by atoms with Gasteiger partial charge in [0.05, 0.1) is 0 Å². The van der Waals surface area contributed by atoms with Gasteiger partial charge in [-0.3, -0.25) is 4.79 Å². The van der Waals surface area contributed by atoms with E-state index in [1.165, 1.54) is 12.8 Å². The molecule has 3 heterocycles. The van der Waals surface area contributed by atoms with Crippen molar-refractivity contribution in [2.45, 2.75) is 43.8 Å². The third-order valence-corrected chi connectivity index (χ3v) is 3.85. The predicted molar refractivity (Wildman–Crippen MR) is 59.2 cm³/mol. The zero-order chi connectivity index (χ0) is 11.8. The summed E-state index contributed by atoms with van der Waals surface area (Å²) in [5.41, 5.74) is 0. The first-order valence-electron chi connectivity index (χ1n) is 6.00. The van der Waals surface area contributed by atoms with E-state index in [1.807, 2.05) is 7.05 Å². The van der Waals surface area contributed by atoms with Crippen molar-refractivity contribution >= 4 is 5.91 Å². The molecule has 0 radical (unpaired) electrons. The average Bonchev–Trinajstić information content (AvgIpc) is 2.97. The molecule has 3 rings (SSSR count). The molecule has 2 fully saturated rings. The van der Waals surface area contributed by atoms with E-state index in [-0.39, 0.29) is 11.7 Å². The molecule has 7 nitrogen and oxygen atoms in total. The first-order valence-corrected chi connectivity index (χ1v) is 6.00. The minimum Gasteiger partial charge on any atom is -0.336 e. The summed E-state index contributed by atoms with van der Waals surface area (Å²) in [4.78, 5) is 13.8. The molecular formula is C10H16N6O. The number of aromatic amines is 1. The van der Waals surface area contributed by atoms with Crippen molar-refractivity contribution in [2.24, 2.45) is 0 Å². The Labute approximate surface area is 98.9 Å². The number of aromatic nitrogens is 4. The van der Waals surface area contributed by atoms with Crippen LogP contribution in [0.2, 0.25) is 0 Å². The number of nitrogens with one attached hydrogen (secondary N) is 2. The van der Waals surface area contributed by atoms with Crippen LogP contribution in [0, 0.1) is 0 Å². The minimum atomic E-state index is -0.148. The second kappa shape index (κ2) is 4.06. The number of tetrazole rings is 1. The van der Waals surface area contributed by atoms with Gasteiger partial charge in [0, 0.05) is 25.2 Å². The van der Waals surface area contributed by atoms with Gasteiger partial charge in [-0.25, -0.2) is 0 Å². The highest BCUT2D eigenvalue weighted by Gasteiger charge is 2.37. The van der Waals surface area contributed by atoms with Crippen LogP contribution in [0.1, 0.15) is 36.3 Å². The van der Waals surface area contributed by atoms with Crippen LogP contribution in [0.25, 0.3) is 0 Å². The molecule has 0 spiro atoms. The molecule has 0 aliphatic carbocycles. The molecule has 1 amide bonds. The van der Waals surface area contributed by atoms with Gasteiger partial charge in [-0.1, -0.05) is 0 Å². The molecule has 0 saturated carbocycles. The zero-order valence-electron chi connectivity index (χ0n) is 9.76. The van der Waals surface area contributed by atoms with Crippen molar-refractivity contribution in [3.05, 3.63) is 5.82 Å². The molecule has 1 aromatic rings. The summed E-state index contributed by atoms with van der Waals surface area (Å²) < 4.78 is 0. The molecule has 2 bridgehead atoms. The molecular weight excluding hydrogens is 220 g/mol. The Hall–Kier alpha value is -1.50. The summed E-state index contributed by atoms with van der Waals surface area (Å²) in [6.45, 7) is 0. The molecule has 2 aliphatic rings. The van der Waals surface area contributed by atoms with Gasteiger partial charge in [-0.05, 0) is 30.9 Å². The van der Waals surface area contributed by atoms with E-state index in [0.717, 1.165) is 12.8 Å². The average molecular weight is 236 g/mol. The van der Waals surface area contributed by atoms with Crippen LogP contribution in [0.5, 0.6) is 0 Å². The number of H-pyrrole nitrogens is 1. The highest BCUT2D eigenvalue weighted by Crippen LogP contribution is 2.29. The largest absolute Gasteiger partial charge is 0.336 e. The lowest BCUT2D eigenvalue weighted by Gasteiger charge is -2.34. The van der Waals surface area contributed by atoms with Crippen LogP contribution in [0.3, 0.4) is 0 Å². The van der Waals surface area contributed by atoms with E-state index in [0.29, 0.717) is 18.1 Å². The van der Waals surface area contributed by atoms with Crippen LogP contribution in [-0.2, 0) is 0 Å². The Kier molecular flexibility index (Phi) is 2.54. The van der Waals surface area contributed by atoms with E-state index in [4.69, 9.17) is 0 Å². The van der Waals surface area contributed by atoms with Gasteiger partial charge in [0.25, 0.3) is 11.7 Å². The summed E-state index contributed by atoms with van der Waals surface area (Å²) in [7, 11) is 1.83. The Bertz CT molecular complexity index is 393. The van der Waals surface area contributed by atoms with E-state index in [9.17, 15) is 4.79 Å². The smallest absolute Gasteiger partial charge is 0.295 e. The Morgan fingerprint density at radius 1 is 1.35 bits per heavy atom. The normalized spacial score (nSPS) is 31.5. The molecule has 7 heteroatoms. The Morgan fingerprint density at radius 3 is 2.65 bits per heavy atom. The van der Waals surface area contributed by atoms with Crippen molar-refractivity contribution in [1.82, 2.24) is 30.8 Å². The third-order valence-electron chi connectivity index (χ3n) is 3.85. The quantitative estimate of drug-likeness (QED) is 0.726. The number of hydrogen-bond acceptors (Lipinski definition) is 5. The highest BCUT2D eigenvalue weighted by atomic mass is 16.2. The lowest BCUT2D eigenvalue weighted by molar-refractivity contribution is 0.0669. The second-order valence-corrected chi connectivity index (χ2v) is 4.91. The monoisotopic (exact) mass is 236 g/mol. The number of hydrogen-bond donors (Lipinski definition) is 2. The number of fused-ring (bicyclic) bond motifs is 2. The van der Waals surface area contributed by atoms with Gasteiger partial charge >= 0.3 is 0 Å². The SMILES string of the molecule is CN(C(=O)c1nn[nH]n1)C1CC2CCC(C1)N2. The van der Waals surface area contributed by atoms with Crippen molar-refractivity contribution in [2.75, 3.05) is 7.05 Å². The van der Waals surface area contributed by atoms with Crippen LogP contribution in [0.15, 0.2) is 0 Å². The lowest BCUT2D eigenvalue weighted by Crippen LogP contribution is -2.48. The van der Waals surface area contributed by atoms with Crippen LogP contribution in [0.4, 0.5) is 0 Å². The first-order chi connectivity index (χ1) is 8.24. The molecule has 2 aliphatic heterocycles. The number of carbonyl (C=O) groups excluding carboxylic acids is 1. The summed E-state index contributed by atoms with van der Waals surface area (Å²) in [6.07, 6.45) is 4.50. The number of amides is 1. The molecule has 17 heavy (non-hydrogen) atoms. The number of piperidine rings is 1. The Balaban J connectivity index is 1.70. The number of carbonyl (C=O) groups is 1. The van der Waals surface area contributed by atoms with E-state index in [1.54, 1.807) is 4.90 Å². The maximum atomic E-state index is 12.1. The van der Waals surface area contributed by atoms with Crippen molar-refractivity contribution in [3.8, 4) is 0 Å². The molecule has 2 saturated heterocycles. The predicted octanol–water partition coefficient (Wildman–Crippen LogP) is -0.445. The van der Waals surface area contributed by atoms with Crippen molar-refractivity contribution in [1.29, 1.82) is 0 Å². The van der Waals surface area contributed by atoms with E-state index >= 15 is 0 Å². The maximum Gasteiger partial charge on any atom is 0.295 e. The summed E-state index contributed by atoms with van der Waals surface area (Å²) >= 11 is 0. The van der Waals surface area contributed by atoms with Gasteiger partial charge in [0.2, 0.25) is 0 Å². The molecule has 2 atom stereocenters. The zero-order valence-corrected chi connectivity index (χ0v) is 9.76. The van der Waals surface area contributed by atoms with E-state index < -0.39 is 0 Å². The van der Waals surface area contributed by atoms with E-state index in [2.05, 4.69) is 25.9 Å². The molecule has 0 aromatic carbocycles. The van der Waals surface area contributed by atoms with Crippen LogP contribution >= 0.6 is 0 Å². The fraction of sp³-hybridized carbons (Fsp3) is 0.800. The number of rotatable bonds is 2. The van der Waals surface area contributed by atoms with Crippen molar-refractivity contribution < 1.29 is 4.79 Å². The minimum absolute atomic E-state index is 0.148. The van der Waals surface area contributed by atoms with Crippen LogP contribution < -0.4 is 5.32 Å². The molecule has 2 N–H and O–H groups in total. The number of nitrogens with zero attached hydrogens (tertiary/aromatic N) is 4. The van der Waals surface area contributed by atoms with Gasteiger partial charge in [0.15, 0.2) is 0 Å². The molecule has 92 valence electrons. The summed E-state index contributed by atoms with van der Waals surface area (Å²) in [6, 6.07) is 1.43. The lowest BCUT2D eigenvalue weighted by atomic mass is 9.98. The highest BCUT2D eigenvalue weighted by molar-refractivity contribution is 5.90. The van der Waals surface area contributed by atoms with Gasteiger partial charge in [-0.2, -0.15) is 5.21 Å². The standard InChI is InChI=1S/C10H16N6O/c1-16(10(17)9-12-14-15-13-9)8-4-6-2-3-7(5-8)11-6/h6-8,11H,2-5H2,1H3,(H,12,13,14,15). The third kappa shape index (κ3) is 1.90.